The van der Waals surface area contributed by atoms with E-state index in [2.05, 4.69) is 0 Å². The number of morpholine rings is 1. The molecule has 1 aliphatic heterocycles. The lowest BCUT2D eigenvalue weighted by Gasteiger charge is -2.24. The number of phenols is 1. The maximum Gasteiger partial charge on any atom is 0.197 e. The Kier molecular flexibility index (Phi) is 5.42. The number of hydrogen-bond donors (Lipinski definition) is 2. The Morgan fingerprint density at radius 1 is 1.10 bits per heavy atom. The van der Waals surface area contributed by atoms with Crippen LogP contribution < -0.4 is 14.4 Å². The fraction of sp³-hybridized carbons (Fsp3) is 0.318. The number of aromatic hydroxyl groups is 1. The van der Waals surface area contributed by atoms with Crippen molar-refractivity contribution in [2.24, 2.45) is 0 Å². The van der Waals surface area contributed by atoms with E-state index in [1.165, 1.54) is 25.4 Å². The summed E-state index contributed by atoms with van der Waals surface area (Å²) in [6.45, 7) is 3.67. The number of carbonyl (C=O) groups excluding carboxylic acids is 1. The molecule has 1 fully saturated rings. The molecule has 7 heteroatoms. The largest absolute Gasteiger partial charge is 0.507 e. The lowest BCUT2D eigenvalue weighted by Crippen LogP contribution is -3.12. The Morgan fingerprint density at radius 2 is 1.79 bits per heavy atom. The number of hydrogen-bond acceptors (Lipinski definition) is 6. The Hall–Kier alpha value is -3.03. The van der Waals surface area contributed by atoms with Gasteiger partial charge >= 0.3 is 0 Å². The van der Waals surface area contributed by atoms with Crippen LogP contribution >= 0.6 is 0 Å². The molecule has 4 rings (SSSR count). The quantitative estimate of drug-likeness (QED) is 0.617. The first-order valence-electron chi connectivity index (χ1n) is 9.52. The maximum atomic E-state index is 13.3. The lowest BCUT2D eigenvalue weighted by molar-refractivity contribution is -0.921. The zero-order chi connectivity index (χ0) is 20.4. The zero-order valence-electron chi connectivity index (χ0n) is 16.5. The molecule has 2 heterocycles. The van der Waals surface area contributed by atoms with Crippen LogP contribution in [0.25, 0.3) is 11.0 Å². The summed E-state index contributed by atoms with van der Waals surface area (Å²) < 4.78 is 21.7. The first-order valence-corrected chi connectivity index (χ1v) is 9.52. The van der Waals surface area contributed by atoms with Gasteiger partial charge in [0.2, 0.25) is 0 Å². The van der Waals surface area contributed by atoms with Gasteiger partial charge in [-0.15, -0.1) is 0 Å². The van der Waals surface area contributed by atoms with E-state index in [0.717, 1.165) is 13.1 Å². The third kappa shape index (κ3) is 3.79. The molecule has 3 aromatic rings. The van der Waals surface area contributed by atoms with Crippen LogP contribution in [0.3, 0.4) is 0 Å². The van der Waals surface area contributed by atoms with E-state index in [0.29, 0.717) is 58.9 Å². The van der Waals surface area contributed by atoms with Crippen LogP contribution in [-0.4, -0.2) is 51.4 Å². The first kappa shape index (κ1) is 19.3. The van der Waals surface area contributed by atoms with Crippen LogP contribution in [-0.2, 0) is 11.3 Å². The number of nitrogens with one attached hydrogen (secondary N) is 1. The zero-order valence-corrected chi connectivity index (χ0v) is 16.5. The minimum atomic E-state index is -0.218. The number of ether oxygens (including phenoxy) is 3. The fourth-order valence-electron chi connectivity index (χ4n) is 3.72. The Bertz CT molecular complexity index is 1010. The highest BCUT2D eigenvalue weighted by Crippen LogP contribution is 2.33. The molecule has 0 unspecified atom stereocenters. The number of carbonyl (C=O) groups is 1. The summed E-state index contributed by atoms with van der Waals surface area (Å²) >= 11 is 0. The van der Waals surface area contributed by atoms with Gasteiger partial charge in [-0.1, -0.05) is 0 Å². The Balaban J connectivity index is 1.78. The van der Waals surface area contributed by atoms with E-state index in [9.17, 15) is 9.90 Å². The average molecular weight is 398 g/mol. The van der Waals surface area contributed by atoms with Gasteiger partial charge in [0.05, 0.1) is 38.6 Å². The summed E-state index contributed by atoms with van der Waals surface area (Å²) in [6.07, 6.45) is 1.45. The molecule has 1 saturated heterocycles. The second-order valence-corrected chi connectivity index (χ2v) is 7.06. The second kappa shape index (κ2) is 8.14. The molecular formula is C22H24NO6+. The number of quaternary nitrogens is 1. The standard InChI is InChI=1S/C22H23NO6/c1-26-15-9-14(10-16(11-15)27-2)22(25)18-13-29-20-4-3-19(24)17(21(18)20)12-23-5-7-28-8-6-23/h3-4,9-11,13,24H,5-8,12H2,1-2H3/p+1. The van der Waals surface area contributed by atoms with E-state index in [1.54, 1.807) is 30.3 Å². The minimum Gasteiger partial charge on any atom is -0.507 e. The van der Waals surface area contributed by atoms with Crippen molar-refractivity contribution >= 4 is 16.8 Å². The fourth-order valence-corrected chi connectivity index (χ4v) is 3.72. The van der Waals surface area contributed by atoms with Gasteiger partial charge in [-0.3, -0.25) is 4.79 Å². The highest BCUT2D eigenvalue weighted by Gasteiger charge is 2.25. The molecule has 152 valence electrons. The molecule has 0 radical (unpaired) electrons. The predicted octanol–water partition coefficient (Wildman–Crippen LogP) is 1.80. The van der Waals surface area contributed by atoms with Crippen molar-refractivity contribution in [2.45, 2.75) is 6.54 Å². The monoisotopic (exact) mass is 398 g/mol. The molecule has 0 bridgehead atoms. The van der Waals surface area contributed by atoms with Gasteiger partial charge in [-0.05, 0) is 24.3 Å². The highest BCUT2D eigenvalue weighted by atomic mass is 16.5. The number of benzene rings is 2. The molecule has 1 aliphatic rings. The van der Waals surface area contributed by atoms with Crippen molar-refractivity contribution in [3.8, 4) is 17.2 Å². The number of fused-ring (bicyclic) bond motifs is 1. The summed E-state index contributed by atoms with van der Waals surface area (Å²) in [5.74, 6) is 1.00. The first-order chi connectivity index (χ1) is 14.1. The molecule has 29 heavy (non-hydrogen) atoms. The number of rotatable bonds is 6. The minimum absolute atomic E-state index is 0.162. The van der Waals surface area contributed by atoms with Crippen molar-refractivity contribution in [1.29, 1.82) is 0 Å². The Labute approximate surface area is 168 Å². The van der Waals surface area contributed by atoms with Gasteiger partial charge < -0.3 is 28.6 Å². The molecule has 7 nitrogen and oxygen atoms in total. The van der Waals surface area contributed by atoms with Crippen LogP contribution in [0.2, 0.25) is 0 Å². The number of methoxy groups -OCH3 is 2. The summed E-state index contributed by atoms with van der Waals surface area (Å²) in [6, 6.07) is 8.34. The molecule has 0 atom stereocenters. The molecule has 0 saturated carbocycles. The van der Waals surface area contributed by atoms with Gasteiger partial charge in [-0.2, -0.15) is 0 Å². The summed E-state index contributed by atoms with van der Waals surface area (Å²) in [4.78, 5) is 14.6. The van der Waals surface area contributed by atoms with Crippen molar-refractivity contribution in [1.82, 2.24) is 0 Å². The SMILES string of the molecule is COc1cc(OC)cc(C(=O)c2coc3ccc(O)c(C[NH+]4CCOCC4)c23)c1. The van der Waals surface area contributed by atoms with E-state index in [-0.39, 0.29) is 11.5 Å². The molecular weight excluding hydrogens is 374 g/mol. The smallest absolute Gasteiger partial charge is 0.197 e. The van der Waals surface area contributed by atoms with E-state index >= 15 is 0 Å². The Morgan fingerprint density at radius 3 is 2.45 bits per heavy atom. The summed E-state index contributed by atoms with van der Waals surface area (Å²) in [7, 11) is 3.08. The molecule has 0 spiro atoms. The van der Waals surface area contributed by atoms with Crippen LogP contribution in [0.4, 0.5) is 0 Å². The van der Waals surface area contributed by atoms with Gasteiger partial charge in [0.1, 0.15) is 48.7 Å². The lowest BCUT2D eigenvalue weighted by atomic mass is 9.98. The third-order valence-electron chi connectivity index (χ3n) is 5.31. The average Bonchev–Trinajstić information content (AvgIpc) is 3.19. The number of phenolic OH excluding ortho intramolecular Hbond substituents is 1. The highest BCUT2D eigenvalue weighted by molar-refractivity contribution is 6.17. The van der Waals surface area contributed by atoms with Gasteiger partial charge in [0.15, 0.2) is 5.78 Å². The van der Waals surface area contributed by atoms with Crippen molar-refractivity contribution in [3.63, 3.8) is 0 Å². The summed E-state index contributed by atoms with van der Waals surface area (Å²) in [5, 5.41) is 11.2. The van der Waals surface area contributed by atoms with Crippen molar-refractivity contribution in [3.05, 3.63) is 53.3 Å². The normalized spacial score (nSPS) is 14.8. The van der Waals surface area contributed by atoms with E-state index < -0.39 is 0 Å². The summed E-state index contributed by atoms with van der Waals surface area (Å²) in [5.41, 5.74) is 2.13. The van der Waals surface area contributed by atoms with Crippen LogP contribution in [0, 0.1) is 0 Å². The van der Waals surface area contributed by atoms with Crippen molar-refractivity contribution in [2.75, 3.05) is 40.5 Å². The molecule has 0 amide bonds. The number of ketones is 1. The van der Waals surface area contributed by atoms with Gasteiger partial charge in [0.25, 0.3) is 0 Å². The number of furan rings is 1. The second-order valence-electron chi connectivity index (χ2n) is 7.06. The molecule has 0 aliphatic carbocycles. The van der Waals surface area contributed by atoms with E-state index in [4.69, 9.17) is 18.6 Å². The van der Waals surface area contributed by atoms with Crippen molar-refractivity contribution < 1.29 is 33.4 Å². The molecule has 2 aromatic carbocycles. The predicted molar refractivity (Wildman–Crippen MR) is 106 cm³/mol. The van der Waals surface area contributed by atoms with Gasteiger partial charge in [-0.25, -0.2) is 0 Å². The molecule has 2 N–H and O–H groups in total. The third-order valence-corrected chi connectivity index (χ3v) is 5.31. The van der Waals surface area contributed by atoms with Crippen LogP contribution in [0.15, 0.2) is 41.0 Å². The van der Waals surface area contributed by atoms with Crippen LogP contribution in [0.5, 0.6) is 17.2 Å². The topological polar surface area (TPSA) is 82.6 Å². The maximum absolute atomic E-state index is 13.3. The van der Waals surface area contributed by atoms with Gasteiger partial charge in [0, 0.05) is 17.0 Å². The van der Waals surface area contributed by atoms with E-state index in [1.807, 2.05) is 0 Å². The molecule has 1 aromatic heterocycles. The van der Waals surface area contributed by atoms with Crippen LogP contribution in [0.1, 0.15) is 21.5 Å².